The predicted octanol–water partition coefficient (Wildman–Crippen LogP) is 3.44. The number of hydrogen-bond donors (Lipinski definition) is 3. The molecule has 0 spiro atoms. The molecule has 3 aromatic rings. The van der Waals surface area contributed by atoms with Crippen LogP contribution in [0.4, 0.5) is 21.8 Å². The van der Waals surface area contributed by atoms with E-state index in [1.807, 2.05) is 23.7 Å². The third-order valence-electron chi connectivity index (χ3n) is 5.98. The van der Waals surface area contributed by atoms with Crippen molar-refractivity contribution in [3.05, 3.63) is 35.7 Å². The summed E-state index contributed by atoms with van der Waals surface area (Å²) in [4.78, 5) is 15.2. The van der Waals surface area contributed by atoms with Crippen LogP contribution in [0.2, 0.25) is 0 Å². The molecule has 0 bridgehead atoms. The molecule has 29 heavy (non-hydrogen) atoms. The number of nitrogens with one attached hydrogen (secondary N) is 3. The zero-order valence-electron chi connectivity index (χ0n) is 16.2. The molecule has 1 saturated carbocycles. The van der Waals surface area contributed by atoms with Crippen LogP contribution in [0.25, 0.3) is 10.2 Å². The molecule has 1 aromatic carbocycles. The smallest absolute Gasteiger partial charge is 0.229 e. The number of hydrogen-bond acceptors (Lipinski definition) is 8. The molecule has 152 valence electrons. The van der Waals surface area contributed by atoms with Gasteiger partial charge in [0, 0.05) is 36.8 Å². The van der Waals surface area contributed by atoms with E-state index in [-0.39, 0.29) is 11.9 Å². The van der Waals surface area contributed by atoms with Gasteiger partial charge in [0.2, 0.25) is 5.95 Å². The van der Waals surface area contributed by atoms with Crippen LogP contribution in [-0.2, 0) is 0 Å². The average Bonchev–Trinajstić information content (AvgIpc) is 3.40. The zero-order chi connectivity index (χ0) is 19.8. The van der Waals surface area contributed by atoms with Crippen molar-refractivity contribution in [3.63, 3.8) is 0 Å². The highest BCUT2D eigenvalue weighted by Crippen LogP contribution is 2.34. The second-order valence-electron chi connectivity index (χ2n) is 7.60. The van der Waals surface area contributed by atoms with Crippen molar-refractivity contribution in [2.45, 2.75) is 38.3 Å². The van der Waals surface area contributed by atoms with Crippen molar-refractivity contribution in [2.24, 2.45) is 5.92 Å². The first kappa shape index (κ1) is 18.7. The highest BCUT2D eigenvalue weighted by molar-refractivity contribution is 7.16. The Morgan fingerprint density at radius 2 is 2.24 bits per heavy atom. The molecular formula is C20H24FN7S. The van der Waals surface area contributed by atoms with Gasteiger partial charge in [-0.3, -0.25) is 10.9 Å². The van der Waals surface area contributed by atoms with Gasteiger partial charge >= 0.3 is 0 Å². The summed E-state index contributed by atoms with van der Waals surface area (Å²) in [5, 5.41) is 3.22. The van der Waals surface area contributed by atoms with Gasteiger partial charge in [-0.25, -0.2) is 14.4 Å². The largest absolute Gasteiger partial charge is 0.351 e. The van der Waals surface area contributed by atoms with E-state index < -0.39 is 0 Å². The maximum atomic E-state index is 14.8. The average molecular weight is 414 g/mol. The molecular weight excluding hydrogens is 389 g/mol. The number of anilines is 3. The molecule has 3 N–H and O–H groups in total. The van der Waals surface area contributed by atoms with Crippen molar-refractivity contribution < 1.29 is 4.39 Å². The Morgan fingerprint density at radius 3 is 3.14 bits per heavy atom. The lowest BCUT2D eigenvalue weighted by molar-refractivity contribution is 0.278. The van der Waals surface area contributed by atoms with Crippen LogP contribution in [0.1, 0.15) is 26.2 Å². The molecule has 9 heteroatoms. The van der Waals surface area contributed by atoms with Gasteiger partial charge in [-0.15, -0.1) is 11.3 Å². The van der Waals surface area contributed by atoms with E-state index in [9.17, 15) is 4.39 Å². The van der Waals surface area contributed by atoms with Crippen molar-refractivity contribution in [2.75, 3.05) is 23.3 Å². The van der Waals surface area contributed by atoms with Crippen LogP contribution in [-0.4, -0.2) is 40.1 Å². The van der Waals surface area contributed by atoms with E-state index in [2.05, 4.69) is 42.9 Å². The molecule has 3 atom stereocenters. The van der Waals surface area contributed by atoms with Crippen molar-refractivity contribution in [1.29, 1.82) is 0 Å². The van der Waals surface area contributed by atoms with Gasteiger partial charge in [-0.2, -0.15) is 4.98 Å². The van der Waals surface area contributed by atoms with Crippen LogP contribution in [0.3, 0.4) is 0 Å². The normalized spacial score (nSPS) is 23.9. The Balaban J connectivity index is 1.43. The van der Waals surface area contributed by atoms with E-state index in [1.54, 1.807) is 11.3 Å². The third kappa shape index (κ3) is 3.54. The quantitative estimate of drug-likeness (QED) is 0.591. The lowest BCUT2D eigenvalue weighted by Gasteiger charge is -2.40. The first-order valence-corrected chi connectivity index (χ1v) is 11.0. The SMILES string of the molecule is CCN(c1nc(Nc2ccc3ncsc3c2)ncc1F)C1CCCC2NNCC21. The molecule has 1 aliphatic carbocycles. The highest BCUT2D eigenvalue weighted by atomic mass is 32.1. The minimum Gasteiger partial charge on any atom is -0.351 e. The summed E-state index contributed by atoms with van der Waals surface area (Å²) in [7, 11) is 0. The Kier molecular flexibility index (Phi) is 5.03. The Bertz CT molecular complexity index is 1010. The molecule has 3 unspecified atom stereocenters. The fourth-order valence-electron chi connectivity index (χ4n) is 4.62. The zero-order valence-corrected chi connectivity index (χ0v) is 17.0. The first-order valence-electron chi connectivity index (χ1n) is 10.1. The minimum atomic E-state index is -0.378. The van der Waals surface area contributed by atoms with Crippen LogP contribution >= 0.6 is 11.3 Å². The Labute approximate surface area is 172 Å². The number of halogens is 1. The summed E-state index contributed by atoms with van der Waals surface area (Å²) in [5.74, 6) is 0.847. The second-order valence-corrected chi connectivity index (χ2v) is 8.49. The molecule has 2 aromatic heterocycles. The van der Waals surface area contributed by atoms with Crippen LogP contribution in [0, 0.1) is 11.7 Å². The van der Waals surface area contributed by atoms with E-state index in [1.165, 1.54) is 6.20 Å². The number of thiazole rings is 1. The number of aromatic nitrogens is 3. The molecule has 5 rings (SSSR count). The van der Waals surface area contributed by atoms with E-state index >= 15 is 0 Å². The fraction of sp³-hybridized carbons (Fsp3) is 0.450. The van der Waals surface area contributed by atoms with E-state index in [0.717, 1.165) is 41.7 Å². The lowest BCUT2D eigenvalue weighted by Crippen LogP contribution is -2.49. The molecule has 1 saturated heterocycles. The van der Waals surface area contributed by atoms with Crippen LogP contribution in [0.5, 0.6) is 0 Å². The van der Waals surface area contributed by atoms with Gasteiger partial charge in [-0.05, 0) is 44.4 Å². The number of nitrogens with zero attached hydrogens (tertiary/aromatic N) is 4. The summed E-state index contributed by atoms with van der Waals surface area (Å²) in [6.07, 6.45) is 4.60. The van der Waals surface area contributed by atoms with Gasteiger partial charge < -0.3 is 10.2 Å². The Morgan fingerprint density at radius 1 is 1.31 bits per heavy atom. The summed E-state index contributed by atoms with van der Waals surface area (Å²) >= 11 is 1.58. The number of hydrazine groups is 1. The van der Waals surface area contributed by atoms with Gasteiger partial charge in [0.15, 0.2) is 11.6 Å². The lowest BCUT2D eigenvalue weighted by atomic mass is 9.81. The molecule has 2 aliphatic rings. The standard InChI is InChI=1S/C20H24FN7S/c1-2-28(17-5-3-4-15-13(17)9-24-27-15)19-14(21)10-22-20(26-19)25-12-6-7-16-18(8-12)29-11-23-16/h6-8,10-11,13,15,17,24,27H,2-5,9H2,1H3,(H,22,25,26). The van der Waals surface area contributed by atoms with Gasteiger partial charge in [-0.1, -0.05) is 0 Å². The van der Waals surface area contributed by atoms with E-state index in [4.69, 9.17) is 0 Å². The van der Waals surface area contributed by atoms with Crippen molar-refractivity contribution in [1.82, 2.24) is 25.8 Å². The predicted molar refractivity (Wildman–Crippen MR) is 114 cm³/mol. The molecule has 3 heterocycles. The van der Waals surface area contributed by atoms with Gasteiger partial charge in [0.05, 0.1) is 21.9 Å². The third-order valence-corrected chi connectivity index (χ3v) is 6.77. The highest BCUT2D eigenvalue weighted by Gasteiger charge is 2.40. The van der Waals surface area contributed by atoms with Crippen LogP contribution < -0.4 is 21.1 Å². The summed E-state index contributed by atoms with van der Waals surface area (Å²) in [5.41, 5.74) is 10.3. The van der Waals surface area contributed by atoms with Crippen LogP contribution in [0.15, 0.2) is 29.9 Å². The van der Waals surface area contributed by atoms with Crippen molar-refractivity contribution in [3.8, 4) is 0 Å². The number of rotatable bonds is 5. The number of benzene rings is 1. The summed E-state index contributed by atoms with van der Waals surface area (Å²) in [6, 6.07) is 6.61. The Hall–Kier alpha value is -2.36. The molecule has 1 aliphatic heterocycles. The number of fused-ring (bicyclic) bond motifs is 2. The summed E-state index contributed by atoms with van der Waals surface area (Å²) in [6.45, 7) is 3.67. The maximum absolute atomic E-state index is 14.8. The fourth-order valence-corrected chi connectivity index (χ4v) is 5.33. The first-order chi connectivity index (χ1) is 14.2. The van der Waals surface area contributed by atoms with E-state index in [0.29, 0.717) is 30.3 Å². The molecule has 0 amide bonds. The summed E-state index contributed by atoms with van der Waals surface area (Å²) < 4.78 is 15.9. The van der Waals surface area contributed by atoms with Gasteiger partial charge in [0.1, 0.15) is 0 Å². The maximum Gasteiger partial charge on any atom is 0.229 e. The van der Waals surface area contributed by atoms with Crippen molar-refractivity contribution >= 4 is 39.0 Å². The van der Waals surface area contributed by atoms with Gasteiger partial charge in [0.25, 0.3) is 0 Å². The molecule has 0 radical (unpaired) electrons. The molecule has 7 nitrogen and oxygen atoms in total. The topological polar surface area (TPSA) is 78.0 Å². The second kappa shape index (κ2) is 7.81. The monoisotopic (exact) mass is 413 g/mol. The molecule has 2 fully saturated rings. The minimum absolute atomic E-state index is 0.257.